The van der Waals surface area contributed by atoms with Gasteiger partial charge in [0.05, 0.1) is 10.6 Å². The van der Waals surface area contributed by atoms with E-state index < -0.39 is 11.0 Å². The van der Waals surface area contributed by atoms with E-state index in [9.17, 15) is 14.9 Å². The predicted octanol–water partition coefficient (Wildman–Crippen LogP) is 3.76. The number of halogens is 1. The van der Waals surface area contributed by atoms with Crippen molar-refractivity contribution >= 4 is 33.2 Å². The molecule has 0 aliphatic rings. The third-order valence-corrected chi connectivity index (χ3v) is 3.55. The molecule has 2 aromatic carbocycles. The van der Waals surface area contributed by atoms with Crippen LogP contribution >= 0.6 is 15.9 Å². The molecular formula is C15H13BrN2O4. The average Bonchev–Trinajstić information content (AvgIpc) is 2.50. The highest BCUT2D eigenvalue weighted by Gasteiger charge is 2.16. The Labute approximate surface area is 135 Å². The lowest BCUT2D eigenvalue weighted by Gasteiger charge is -2.15. The van der Waals surface area contributed by atoms with Crippen LogP contribution in [0.5, 0.6) is 5.75 Å². The number of non-ortho nitro benzene ring substituents is 1. The molecule has 0 spiro atoms. The molecule has 0 unspecified atom stereocenters. The minimum Gasteiger partial charge on any atom is -0.481 e. The highest BCUT2D eigenvalue weighted by atomic mass is 79.9. The molecule has 1 amide bonds. The van der Waals surface area contributed by atoms with Crippen molar-refractivity contribution in [3.63, 3.8) is 0 Å². The van der Waals surface area contributed by atoms with Gasteiger partial charge in [-0.15, -0.1) is 0 Å². The highest BCUT2D eigenvalue weighted by molar-refractivity contribution is 9.10. The molecule has 114 valence electrons. The zero-order valence-electron chi connectivity index (χ0n) is 11.7. The average molecular weight is 365 g/mol. The first-order valence-electron chi connectivity index (χ1n) is 6.44. The third-order valence-electron chi connectivity index (χ3n) is 2.86. The molecule has 7 heteroatoms. The van der Waals surface area contributed by atoms with E-state index in [-0.39, 0.29) is 11.6 Å². The Morgan fingerprint density at radius 2 is 1.86 bits per heavy atom. The molecule has 6 nitrogen and oxygen atoms in total. The molecule has 0 saturated heterocycles. The fraction of sp³-hybridized carbons (Fsp3) is 0.133. The lowest BCUT2D eigenvalue weighted by Crippen LogP contribution is -2.30. The Kier molecular flexibility index (Phi) is 5.11. The molecule has 2 rings (SSSR count). The smallest absolute Gasteiger partial charge is 0.269 e. The van der Waals surface area contributed by atoms with Gasteiger partial charge < -0.3 is 10.1 Å². The van der Waals surface area contributed by atoms with Crippen LogP contribution in [0.25, 0.3) is 0 Å². The molecule has 1 atom stereocenters. The Balaban J connectivity index is 1.99. The number of ether oxygens (including phenoxy) is 1. The number of nitro groups is 1. The molecular weight excluding hydrogens is 352 g/mol. The zero-order chi connectivity index (χ0) is 16.1. The van der Waals surface area contributed by atoms with Crippen LogP contribution in [0.1, 0.15) is 6.92 Å². The second kappa shape index (κ2) is 7.04. The fourth-order valence-corrected chi connectivity index (χ4v) is 2.08. The first-order valence-corrected chi connectivity index (χ1v) is 7.23. The minimum absolute atomic E-state index is 0.0299. The van der Waals surface area contributed by atoms with Crippen LogP contribution < -0.4 is 10.1 Å². The van der Waals surface area contributed by atoms with Crippen molar-refractivity contribution in [1.82, 2.24) is 0 Å². The Morgan fingerprint density at radius 3 is 2.45 bits per heavy atom. The van der Waals surface area contributed by atoms with Gasteiger partial charge in [0.25, 0.3) is 11.6 Å². The number of benzene rings is 2. The van der Waals surface area contributed by atoms with E-state index in [1.165, 1.54) is 24.3 Å². The first kappa shape index (κ1) is 16.0. The molecule has 0 heterocycles. The summed E-state index contributed by atoms with van der Waals surface area (Å²) in [5.74, 6) is 0.0747. The quantitative estimate of drug-likeness (QED) is 0.646. The maximum absolute atomic E-state index is 12.1. The lowest BCUT2D eigenvalue weighted by atomic mass is 10.3. The predicted molar refractivity (Wildman–Crippen MR) is 86.0 cm³/mol. The molecule has 0 aliphatic heterocycles. The van der Waals surface area contributed by atoms with Crippen molar-refractivity contribution in [3.05, 3.63) is 63.1 Å². The maximum atomic E-state index is 12.1. The summed E-state index contributed by atoms with van der Waals surface area (Å²) < 4.78 is 6.24. The van der Waals surface area contributed by atoms with Crippen molar-refractivity contribution in [2.75, 3.05) is 5.32 Å². The molecule has 0 fully saturated rings. The Morgan fingerprint density at radius 1 is 1.23 bits per heavy atom. The van der Waals surface area contributed by atoms with Crippen LogP contribution in [0.15, 0.2) is 53.0 Å². The van der Waals surface area contributed by atoms with Gasteiger partial charge in [0.15, 0.2) is 6.10 Å². The van der Waals surface area contributed by atoms with E-state index in [0.29, 0.717) is 11.4 Å². The van der Waals surface area contributed by atoms with Crippen LogP contribution in [0.2, 0.25) is 0 Å². The number of hydrogen-bond acceptors (Lipinski definition) is 4. The summed E-state index contributed by atoms with van der Waals surface area (Å²) in [6.07, 6.45) is -0.742. The summed E-state index contributed by atoms with van der Waals surface area (Å²) in [4.78, 5) is 22.2. The molecule has 0 bridgehead atoms. The summed E-state index contributed by atoms with van der Waals surface area (Å²) in [7, 11) is 0. The van der Waals surface area contributed by atoms with E-state index in [1.807, 2.05) is 18.2 Å². The molecule has 2 aromatic rings. The zero-order valence-corrected chi connectivity index (χ0v) is 13.2. The van der Waals surface area contributed by atoms with Gasteiger partial charge in [-0.05, 0) is 47.1 Å². The Hall–Kier alpha value is -2.41. The van der Waals surface area contributed by atoms with Gasteiger partial charge in [-0.3, -0.25) is 14.9 Å². The summed E-state index contributed by atoms with van der Waals surface area (Å²) in [6.45, 7) is 1.60. The second-order valence-electron chi connectivity index (χ2n) is 4.48. The van der Waals surface area contributed by atoms with Gasteiger partial charge in [-0.25, -0.2) is 0 Å². The number of nitrogens with zero attached hydrogens (tertiary/aromatic N) is 1. The SMILES string of the molecule is C[C@@H](Oc1ccc([N+](=O)[O-])cc1)C(=O)Nc1ccccc1Br. The number of carbonyl (C=O) groups is 1. The van der Waals surface area contributed by atoms with E-state index in [2.05, 4.69) is 21.2 Å². The van der Waals surface area contributed by atoms with Gasteiger partial charge in [-0.2, -0.15) is 0 Å². The molecule has 0 aromatic heterocycles. The number of para-hydroxylation sites is 1. The number of hydrogen-bond donors (Lipinski definition) is 1. The van der Waals surface area contributed by atoms with Crippen molar-refractivity contribution < 1.29 is 14.5 Å². The normalized spacial score (nSPS) is 11.5. The van der Waals surface area contributed by atoms with Crippen LogP contribution in [-0.4, -0.2) is 16.9 Å². The monoisotopic (exact) mass is 364 g/mol. The molecule has 1 N–H and O–H groups in total. The van der Waals surface area contributed by atoms with Crippen LogP contribution in [0.4, 0.5) is 11.4 Å². The molecule has 22 heavy (non-hydrogen) atoms. The van der Waals surface area contributed by atoms with Gasteiger partial charge in [0.1, 0.15) is 5.75 Å². The first-order chi connectivity index (χ1) is 10.5. The topological polar surface area (TPSA) is 81.5 Å². The number of anilines is 1. The van der Waals surface area contributed by atoms with E-state index in [4.69, 9.17) is 4.74 Å². The number of nitro benzene ring substituents is 1. The number of amides is 1. The van der Waals surface area contributed by atoms with Crippen molar-refractivity contribution in [2.24, 2.45) is 0 Å². The molecule has 0 aliphatic carbocycles. The van der Waals surface area contributed by atoms with E-state index >= 15 is 0 Å². The molecule has 0 radical (unpaired) electrons. The van der Waals surface area contributed by atoms with Gasteiger partial charge >= 0.3 is 0 Å². The summed E-state index contributed by atoms with van der Waals surface area (Å²) in [5.41, 5.74) is 0.615. The lowest BCUT2D eigenvalue weighted by molar-refractivity contribution is -0.384. The number of carbonyl (C=O) groups excluding carboxylic acids is 1. The van der Waals surface area contributed by atoms with Crippen LogP contribution in [0, 0.1) is 10.1 Å². The summed E-state index contributed by atoms with van der Waals surface area (Å²) >= 11 is 3.34. The van der Waals surface area contributed by atoms with Crippen LogP contribution in [0.3, 0.4) is 0 Å². The number of rotatable bonds is 5. The standard InChI is InChI=1S/C15H13BrN2O4/c1-10(15(19)17-14-5-3-2-4-13(14)16)22-12-8-6-11(7-9-12)18(20)21/h2-10H,1H3,(H,17,19)/t10-/m1/s1. The highest BCUT2D eigenvalue weighted by Crippen LogP contribution is 2.22. The van der Waals surface area contributed by atoms with Gasteiger partial charge in [-0.1, -0.05) is 12.1 Å². The van der Waals surface area contributed by atoms with Crippen molar-refractivity contribution in [2.45, 2.75) is 13.0 Å². The summed E-state index contributed by atoms with van der Waals surface area (Å²) in [6, 6.07) is 12.8. The Bertz CT molecular complexity index is 688. The fourth-order valence-electron chi connectivity index (χ4n) is 1.70. The van der Waals surface area contributed by atoms with Gasteiger partial charge in [0, 0.05) is 16.6 Å². The van der Waals surface area contributed by atoms with Crippen molar-refractivity contribution in [3.8, 4) is 5.75 Å². The maximum Gasteiger partial charge on any atom is 0.269 e. The largest absolute Gasteiger partial charge is 0.481 e. The van der Waals surface area contributed by atoms with Crippen LogP contribution in [-0.2, 0) is 4.79 Å². The number of nitrogens with one attached hydrogen (secondary N) is 1. The second-order valence-corrected chi connectivity index (χ2v) is 5.33. The minimum atomic E-state index is -0.742. The summed E-state index contributed by atoms with van der Waals surface area (Å²) in [5, 5.41) is 13.3. The van der Waals surface area contributed by atoms with Gasteiger partial charge in [0.2, 0.25) is 0 Å². The molecule has 0 saturated carbocycles. The van der Waals surface area contributed by atoms with E-state index in [0.717, 1.165) is 4.47 Å². The van der Waals surface area contributed by atoms with Crippen molar-refractivity contribution in [1.29, 1.82) is 0 Å². The third kappa shape index (κ3) is 4.05. The van der Waals surface area contributed by atoms with E-state index in [1.54, 1.807) is 13.0 Å².